The van der Waals surface area contributed by atoms with Crippen molar-refractivity contribution in [1.82, 2.24) is 20.1 Å². The van der Waals surface area contributed by atoms with Gasteiger partial charge in [-0.1, -0.05) is 40.2 Å². The molecule has 0 unspecified atom stereocenters. The molecule has 5 nitrogen and oxygen atoms in total. The quantitative estimate of drug-likeness (QED) is 0.730. The zero-order valence-corrected chi connectivity index (χ0v) is 14.2. The lowest BCUT2D eigenvalue weighted by Gasteiger charge is -2.08. The van der Waals surface area contributed by atoms with Crippen LogP contribution in [0, 0.1) is 5.82 Å². The second-order valence-electron chi connectivity index (χ2n) is 5.22. The summed E-state index contributed by atoms with van der Waals surface area (Å²) in [6.07, 6.45) is 3.14. The van der Waals surface area contributed by atoms with Crippen LogP contribution in [0.5, 0.6) is 0 Å². The minimum absolute atomic E-state index is 0.0205. The second-order valence-corrected chi connectivity index (χ2v) is 6.13. The zero-order valence-electron chi connectivity index (χ0n) is 12.6. The number of rotatable bonds is 5. The first kappa shape index (κ1) is 16.3. The largest absolute Gasteiger partial charge is 0.348 e. The van der Waals surface area contributed by atoms with E-state index in [0.29, 0.717) is 17.6 Å². The summed E-state index contributed by atoms with van der Waals surface area (Å²) in [5, 5.41) is 6.77. The van der Waals surface area contributed by atoms with E-state index in [1.807, 2.05) is 24.3 Å². The summed E-state index contributed by atoms with van der Waals surface area (Å²) in [5.41, 5.74) is 2.03. The molecule has 0 saturated carbocycles. The summed E-state index contributed by atoms with van der Waals surface area (Å²) in [4.78, 5) is 16.0. The fourth-order valence-corrected chi connectivity index (χ4v) is 2.57. The molecule has 2 aromatic carbocycles. The molecule has 0 aliphatic heterocycles. The lowest BCUT2D eigenvalue weighted by molar-refractivity contribution is 0.0947. The molecule has 122 valence electrons. The van der Waals surface area contributed by atoms with Gasteiger partial charge in [-0.3, -0.25) is 4.79 Å². The van der Waals surface area contributed by atoms with Gasteiger partial charge in [0.2, 0.25) is 0 Å². The fourth-order valence-electron chi connectivity index (χ4n) is 2.21. The van der Waals surface area contributed by atoms with Crippen molar-refractivity contribution in [2.24, 2.45) is 0 Å². The smallest absolute Gasteiger partial charge is 0.254 e. The summed E-state index contributed by atoms with van der Waals surface area (Å²) in [7, 11) is 0. The Morgan fingerprint density at radius 3 is 2.62 bits per heavy atom. The van der Waals surface area contributed by atoms with Crippen LogP contribution in [0.15, 0.2) is 59.6 Å². The van der Waals surface area contributed by atoms with Gasteiger partial charge in [-0.25, -0.2) is 14.1 Å². The van der Waals surface area contributed by atoms with E-state index < -0.39 is 11.7 Å². The molecule has 0 fully saturated rings. The Morgan fingerprint density at radius 1 is 1.17 bits per heavy atom. The van der Waals surface area contributed by atoms with Crippen LogP contribution in [0.1, 0.15) is 21.5 Å². The minimum Gasteiger partial charge on any atom is -0.348 e. The van der Waals surface area contributed by atoms with E-state index >= 15 is 0 Å². The van der Waals surface area contributed by atoms with Gasteiger partial charge in [-0.05, 0) is 29.3 Å². The van der Waals surface area contributed by atoms with E-state index in [2.05, 4.69) is 31.3 Å². The van der Waals surface area contributed by atoms with Gasteiger partial charge >= 0.3 is 0 Å². The van der Waals surface area contributed by atoms with E-state index in [0.717, 1.165) is 11.1 Å². The number of halogens is 2. The molecule has 0 bridgehead atoms. The van der Waals surface area contributed by atoms with Gasteiger partial charge in [0.25, 0.3) is 5.91 Å². The van der Waals surface area contributed by atoms with Crippen molar-refractivity contribution < 1.29 is 9.18 Å². The molecule has 1 aromatic heterocycles. The van der Waals surface area contributed by atoms with Crippen molar-refractivity contribution in [3.63, 3.8) is 0 Å². The predicted molar refractivity (Wildman–Crippen MR) is 90.8 cm³/mol. The molecule has 0 radical (unpaired) electrons. The van der Waals surface area contributed by atoms with Gasteiger partial charge in [0.1, 0.15) is 18.5 Å². The molecular weight excluding hydrogens is 375 g/mol. The first-order valence-corrected chi connectivity index (χ1v) is 8.04. The fraction of sp³-hybridized carbons (Fsp3) is 0.118. The number of benzene rings is 2. The Morgan fingerprint density at radius 2 is 1.92 bits per heavy atom. The second kappa shape index (κ2) is 7.35. The number of hydrogen-bond acceptors (Lipinski definition) is 3. The van der Waals surface area contributed by atoms with Crippen molar-refractivity contribution in [2.75, 3.05) is 0 Å². The Bertz CT molecular complexity index is 834. The molecule has 1 amide bonds. The van der Waals surface area contributed by atoms with E-state index in [-0.39, 0.29) is 5.56 Å². The number of nitrogens with one attached hydrogen (secondary N) is 1. The van der Waals surface area contributed by atoms with Gasteiger partial charge in [0, 0.05) is 11.0 Å². The number of carbonyl (C=O) groups excluding carboxylic acids is 1. The van der Waals surface area contributed by atoms with Gasteiger partial charge in [-0.15, -0.1) is 0 Å². The van der Waals surface area contributed by atoms with Crippen LogP contribution in [0.2, 0.25) is 0 Å². The van der Waals surface area contributed by atoms with Crippen molar-refractivity contribution in [3.8, 4) is 0 Å². The van der Waals surface area contributed by atoms with Crippen LogP contribution in [0.3, 0.4) is 0 Å². The van der Waals surface area contributed by atoms with Crippen LogP contribution in [0.25, 0.3) is 0 Å². The first-order valence-electron chi connectivity index (χ1n) is 7.25. The number of hydrogen-bond donors (Lipinski definition) is 1. The van der Waals surface area contributed by atoms with E-state index in [9.17, 15) is 9.18 Å². The van der Waals surface area contributed by atoms with E-state index in [1.165, 1.54) is 18.5 Å². The van der Waals surface area contributed by atoms with Crippen molar-refractivity contribution in [1.29, 1.82) is 0 Å². The normalized spacial score (nSPS) is 10.6. The highest BCUT2D eigenvalue weighted by Crippen LogP contribution is 2.15. The Labute approximate surface area is 146 Å². The lowest BCUT2D eigenvalue weighted by atomic mass is 10.1. The maximum atomic E-state index is 13.7. The van der Waals surface area contributed by atoms with E-state index in [1.54, 1.807) is 17.1 Å². The highest BCUT2D eigenvalue weighted by Gasteiger charge is 2.11. The molecular formula is C17H14BrFN4O. The molecule has 1 N–H and O–H groups in total. The standard InChI is InChI=1S/C17H14BrFN4O/c18-14-5-6-16(19)15(7-14)17(24)21-8-12-1-3-13(4-2-12)9-23-11-20-10-22-23/h1-7,10-11H,8-9H2,(H,21,24). The molecule has 0 saturated heterocycles. The topological polar surface area (TPSA) is 59.8 Å². The van der Waals surface area contributed by atoms with Crippen LogP contribution >= 0.6 is 15.9 Å². The lowest BCUT2D eigenvalue weighted by Crippen LogP contribution is -2.23. The van der Waals surface area contributed by atoms with Gasteiger partial charge in [0.05, 0.1) is 12.1 Å². The van der Waals surface area contributed by atoms with Crippen LogP contribution < -0.4 is 5.32 Å². The molecule has 0 aliphatic carbocycles. The maximum absolute atomic E-state index is 13.7. The number of amides is 1. The highest BCUT2D eigenvalue weighted by molar-refractivity contribution is 9.10. The number of aromatic nitrogens is 3. The van der Waals surface area contributed by atoms with Crippen LogP contribution in [-0.2, 0) is 13.1 Å². The SMILES string of the molecule is O=C(NCc1ccc(Cn2cncn2)cc1)c1cc(Br)ccc1F. The molecule has 24 heavy (non-hydrogen) atoms. The third kappa shape index (κ3) is 4.05. The maximum Gasteiger partial charge on any atom is 0.254 e. The zero-order chi connectivity index (χ0) is 16.9. The van der Waals surface area contributed by atoms with Crippen LogP contribution in [-0.4, -0.2) is 20.7 Å². The predicted octanol–water partition coefficient (Wildman–Crippen LogP) is 3.16. The minimum atomic E-state index is -0.543. The first-order chi connectivity index (χ1) is 11.6. The summed E-state index contributed by atoms with van der Waals surface area (Å²) in [6, 6.07) is 12.0. The Balaban J connectivity index is 1.60. The van der Waals surface area contributed by atoms with Crippen molar-refractivity contribution in [2.45, 2.75) is 13.1 Å². The summed E-state index contributed by atoms with van der Waals surface area (Å²) in [6.45, 7) is 0.963. The monoisotopic (exact) mass is 388 g/mol. The highest BCUT2D eigenvalue weighted by atomic mass is 79.9. The third-order valence-corrected chi connectivity index (χ3v) is 3.95. The molecule has 0 spiro atoms. The van der Waals surface area contributed by atoms with Gasteiger partial charge < -0.3 is 5.32 Å². The van der Waals surface area contributed by atoms with Gasteiger partial charge in [0.15, 0.2) is 0 Å². The third-order valence-electron chi connectivity index (χ3n) is 3.46. The molecule has 1 heterocycles. The molecule has 3 rings (SSSR count). The van der Waals surface area contributed by atoms with E-state index in [4.69, 9.17) is 0 Å². The number of nitrogens with zero attached hydrogens (tertiary/aromatic N) is 3. The summed E-state index contributed by atoms with van der Waals surface area (Å²) < 4.78 is 16.1. The number of carbonyl (C=O) groups is 1. The molecule has 7 heteroatoms. The summed E-state index contributed by atoms with van der Waals surface area (Å²) in [5.74, 6) is -0.987. The van der Waals surface area contributed by atoms with Gasteiger partial charge in [-0.2, -0.15) is 5.10 Å². The molecule has 3 aromatic rings. The summed E-state index contributed by atoms with van der Waals surface area (Å²) >= 11 is 3.23. The Hall–Kier alpha value is -2.54. The molecule has 0 atom stereocenters. The van der Waals surface area contributed by atoms with Crippen LogP contribution in [0.4, 0.5) is 4.39 Å². The average molecular weight is 389 g/mol. The average Bonchev–Trinajstić information content (AvgIpc) is 3.09. The Kier molecular flexibility index (Phi) is 5.00. The van der Waals surface area contributed by atoms with Crippen molar-refractivity contribution >= 4 is 21.8 Å². The molecule has 0 aliphatic rings. The van der Waals surface area contributed by atoms with Crippen molar-refractivity contribution in [3.05, 3.63) is 82.1 Å².